The Bertz CT molecular complexity index is 608. The van der Waals surface area contributed by atoms with E-state index < -0.39 is 5.97 Å². The Morgan fingerprint density at radius 1 is 1.17 bits per heavy atom. The number of hydrogen-bond acceptors (Lipinski definition) is 3. The predicted molar refractivity (Wildman–Crippen MR) is 67.9 cm³/mol. The largest absolute Gasteiger partial charge is 0.457 e. The van der Waals surface area contributed by atoms with Crippen molar-refractivity contribution in [3.8, 4) is 0 Å². The molecular formula is C15H12O3. The average Bonchev–Trinajstić information content (AvgIpc) is 2.85. The fourth-order valence-electron chi connectivity index (χ4n) is 2.12. The van der Waals surface area contributed by atoms with E-state index >= 15 is 0 Å². The van der Waals surface area contributed by atoms with Crippen LogP contribution >= 0.6 is 0 Å². The van der Waals surface area contributed by atoms with E-state index in [-0.39, 0.29) is 11.9 Å². The summed E-state index contributed by atoms with van der Waals surface area (Å²) in [6.07, 6.45) is 3.27. The maximum absolute atomic E-state index is 11.6. The highest BCUT2D eigenvalue weighted by Crippen LogP contribution is 2.32. The molecule has 2 aromatic rings. The fraction of sp³-hybridized carbons (Fsp3) is 0.133. The first kappa shape index (κ1) is 10.8. The number of fused-ring (bicyclic) bond motifs is 1. The lowest BCUT2D eigenvalue weighted by Gasteiger charge is -2.21. The number of carbonyl (C=O) groups excluding carboxylic acids is 1. The highest BCUT2D eigenvalue weighted by atomic mass is 16.6. The van der Waals surface area contributed by atoms with E-state index in [4.69, 9.17) is 9.15 Å². The standard InChI is InChI=1S/C15H12O3/c1-10-13(9-11-5-3-2-4-6-11)12-7-8-17-14(12)15(16)18-10/h2-10H,1H3/b13-9+. The van der Waals surface area contributed by atoms with Crippen LogP contribution in [0.5, 0.6) is 0 Å². The Hall–Kier alpha value is -2.29. The van der Waals surface area contributed by atoms with Crippen LogP contribution in [-0.2, 0) is 4.74 Å². The normalized spacial score (nSPS) is 20.6. The molecule has 0 radical (unpaired) electrons. The summed E-state index contributed by atoms with van der Waals surface area (Å²) in [6, 6.07) is 11.7. The molecule has 0 amide bonds. The van der Waals surface area contributed by atoms with Crippen molar-refractivity contribution in [2.24, 2.45) is 0 Å². The van der Waals surface area contributed by atoms with Gasteiger partial charge in [-0.05, 0) is 24.6 Å². The summed E-state index contributed by atoms with van der Waals surface area (Å²) in [5.41, 5.74) is 2.86. The van der Waals surface area contributed by atoms with Crippen LogP contribution in [0, 0.1) is 0 Å². The Morgan fingerprint density at radius 2 is 1.94 bits per heavy atom. The zero-order chi connectivity index (χ0) is 12.5. The Kier molecular flexibility index (Phi) is 2.52. The van der Waals surface area contributed by atoms with Crippen molar-refractivity contribution in [3.63, 3.8) is 0 Å². The summed E-state index contributed by atoms with van der Waals surface area (Å²) >= 11 is 0. The molecule has 0 bridgehead atoms. The Balaban J connectivity index is 2.10. The molecule has 1 aliphatic heterocycles. The predicted octanol–water partition coefficient (Wildman–Crippen LogP) is 3.38. The van der Waals surface area contributed by atoms with Gasteiger partial charge >= 0.3 is 5.97 Å². The minimum atomic E-state index is -0.396. The second kappa shape index (κ2) is 4.18. The number of rotatable bonds is 1. The third-order valence-electron chi connectivity index (χ3n) is 3.01. The molecule has 0 spiro atoms. The van der Waals surface area contributed by atoms with Gasteiger partial charge in [-0.3, -0.25) is 0 Å². The number of esters is 1. The molecule has 0 aliphatic carbocycles. The van der Waals surface area contributed by atoms with Crippen LogP contribution in [0.2, 0.25) is 0 Å². The second-order valence-electron chi connectivity index (χ2n) is 4.22. The molecule has 1 unspecified atom stereocenters. The zero-order valence-electron chi connectivity index (χ0n) is 9.92. The zero-order valence-corrected chi connectivity index (χ0v) is 9.92. The quantitative estimate of drug-likeness (QED) is 0.717. The van der Waals surface area contributed by atoms with Crippen LogP contribution in [-0.4, -0.2) is 12.1 Å². The summed E-state index contributed by atoms with van der Waals surface area (Å²) in [4.78, 5) is 11.6. The lowest BCUT2D eigenvalue weighted by Crippen LogP contribution is -2.22. The van der Waals surface area contributed by atoms with Crippen molar-refractivity contribution in [2.45, 2.75) is 13.0 Å². The van der Waals surface area contributed by atoms with E-state index in [0.717, 1.165) is 16.7 Å². The fourth-order valence-corrected chi connectivity index (χ4v) is 2.12. The van der Waals surface area contributed by atoms with Crippen molar-refractivity contribution >= 4 is 17.6 Å². The van der Waals surface area contributed by atoms with Crippen LogP contribution in [0.25, 0.3) is 11.6 Å². The molecule has 1 aliphatic rings. The van der Waals surface area contributed by atoms with Crippen LogP contribution in [0.4, 0.5) is 0 Å². The molecule has 3 heteroatoms. The van der Waals surface area contributed by atoms with Gasteiger partial charge < -0.3 is 9.15 Å². The summed E-state index contributed by atoms with van der Waals surface area (Å²) < 4.78 is 10.4. The Labute approximate surface area is 105 Å². The molecule has 0 saturated carbocycles. The van der Waals surface area contributed by atoms with E-state index in [2.05, 4.69) is 0 Å². The molecule has 1 aromatic carbocycles. The van der Waals surface area contributed by atoms with Crippen molar-refractivity contribution in [1.82, 2.24) is 0 Å². The molecule has 90 valence electrons. The topological polar surface area (TPSA) is 39.4 Å². The van der Waals surface area contributed by atoms with Gasteiger partial charge in [0.05, 0.1) is 6.26 Å². The average molecular weight is 240 g/mol. The van der Waals surface area contributed by atoms with Gasteiger partial charge in [-0.25, -0.2) is 4.79 Å². The minimum absolute atomic E-state index is 0.261. The highest BCUT2D eigenvalue weighted by Gasteiger charge is 2.30. The van der Waals surface area contributed by atoms with Gasteiger partial charge in [0.25, 0.3) is 0 Å². The molecule has 18 heavy (non-hydrogen) atoms. The van der Waals surface area contributed by atoms with E-state index in [9.17, 15) is 4.79 Å². The molecule has 0 saturated heterocycles. The van der Waals surface area contributed by atoms with Gasteiger partial charge in [-0.15, -0.1) is 0 Å². The van der Waals surface area contributed by atoms with Gasteiger partial charge in [0.15, 0.2) is 0 Å². The molecule has 2 heterocycles. The van der Waals surface area contributed by atoms with Gasteiger partial charge in [-0.2, -0.15) is 0 Å². The first-order chi connectivity index (χ1) is 8.75. The Morgan fingerprint density at radius 3 is 2.72 bits per heavy atom. The maximum atomic E-state index is 11.6. The molecular weight excluding hydrogens is 228 g/mol. The number of furan rings is 1. The number of ether oxygens (including phenoxy) is 1. The number of cyclic esters (lactones) is 1. The SMILES string of the molecule is CC1OC(=O)c2occc2/C1=C/c1ccccc1. The van der Waals surface area contributed by atoms with Gasteiger partial charge in [0, 0.05) is 11.1 Å². The minimum Gasteiger partial charge on any atom is -0.457 e. The smallest absolute Gasteiger partial charge is 0.375 e. The second-order valence-corrected chi connectivity index (χ2v) is 4.22. The molecule has 3 rings (SSSR count). The van der Waals surface area contributed by atoms with Crippen LogP contribution < -0.4 is 0 Å². The van der Waals surface area contributed by atoms with E-state index in [1.165, 1.54) is 6.26 Å². The maximum Gasteiger partial charge on any atom is 0.375 e. The van der Waals surface area contributed by atoms with E-state index in [0.29, 0.717) is 0 Å². The monoisotopic (exact) mass is 240 g/mol. The summed E-state index contributed by atoms with van der Waals surface area (Å²) in [6.45, 7) is 1.86. The molecule has 3 nitrogen and oxygen atoms in total. The summed E-state index contributed by atoms with van der Waals surface area (Å²) in [5, 5.41) is 0. The molecule has 0 fully saturated rings. The number of benzene rings is 1. The van der Waals surface area contributed by atoms with Gasteiger partial charge in [-0.1, -0.05) is 30.3 Å². The summed E-state index contributed by atoms with van der Waals surface area (Å²) in [5.74, 6) is -0.108. The lowest BCUT2D eigenvalue weighted by atomic mass is 9.97. The molecule has 1 aromatic heterocycles. The first-order valence-corrected chi connectivity index (χ1v) is 5.81. The van der Waals surface area contributed by atoms with Crippen molar-refractivity contribution < 1.29 is 13.9 Å². The van der Waals surface area contributed by atoms with E-state index in [1.54, 1.807) is 6.07 Å². The van der Waals surface area contributed by atoms with Crippen LogP contribution in [0.3, 0.4) is 0 Å². The first-order valence-electron chi connectivity index (χ1n) is 5.81. The third-order valence-corrected chi connectivity index (χ3v) is 3.01. The number of hydrogen-bond donors (Lipinski definition) is 0. The van der Waals surface area contributed by atoms with Crippen molar-refractivity contribution in [1.29, 1.82) is 0 Å². The van der Waals surface area contributed by atoms with Crippen LogP contribution in [0.1, 0.15) is 28.6 Å². The van der Waals surface area contributed by atoms with Gasteiger partial charge in [0.1, 0.15) is 6.10 Å². The molecule has 0 N–H and O–H groups in total. The van der Waals surface area contributed by atoms with Crippen molar-refractivity contribution in [2.75, 3.05) is 0 Å². The highest BCUT2D eigenvalue weighted by molar-refractivity contribution is 6.00. The number of carbonyl (C=O) groups is 1. The molecule has 1 atom stereocenters. The van der Waals surface area contributed by atoms with Crippen molar-refractivity contribution in [3.05, 3.63) is 59.5 Å². The van der Waals surface area contributed by atoms with Gasteiger partial charge in [0.2, 0.25) is 5.76 Å². The lowest BCUT2D eigenvalue weighted by molar-refractivity contribution is 0.0381. The summed E-state index contributed by atoms with van der Waals surface area (Å²) in [7, 11) is 0. The third kappa shape index (κ3) is 1.74. The van der Waals surface area contributed by atoms with E-state index in [1.807, 2.05) is 43.3 Å². The van der Waals surface area contributed by atoms with Crippen LogP contribution in [0.15, 0.2) is 47.1 Å².